The van der Waals surface area contributed by atoms with E-state index in [1.165, 1.54) is 38.5 Å². The molecule has 3 saturated carbocycles. The van der Waals surface area contributed by atoms with Crippen LogP contribution >= 0.6 is 35.6 Å². The van der Waals surface area contributed by atoms with Gasteiger partial charge >= 0.3 is 12.2 Å². The summed E-state index contributed by atoms with van der Waals surface area (Å²) in [5, 5.41) is 8.35. The fraction of sp³-hybridized carbons (Fsp3) is 0.698. The molecule has 0 unspecified atom stereocenters. The lowest BCUT2D eigenvalue weighted by Gasteiger charge is -2.35. The molecule has 4 amide bonds. The lowest BCUT2D eigenvalue weighted by Crippen LogP contribution is -2.48. The Bertz CT molecular complexity index is 1970. The maximum absolute atomic E-state index is 13.5. The van der Waals surface area contributed by atoms with Crippen molar-refractivity contribution in [3.05, 3.63) is 68.7 Å². The standard InChI is InChI=1S/C22H31ClN2O3.C17H23ClN2O.C14H26N2O2.ClH/c1-15-18(10-7-11-19(15)23)20(26)25(16-8-5-6-9-16)17-12-13-24(14-17)21(27)28-22(2,3)4;1-12-15(7-4-8-16(12)18)17(21)20(13-5-2-3-6-13)14-9-10-19-11-14;1-14(2,3)18-13(17)16-9-8-12(10-16)15-11-6-4-5-7-11;/h7,10-11,16-17H,5-6,8-9,12-14H2,1-4H3;4,7-8,13-14,19H,2-3,5-6,9-11H2,1H3;11-12,15H,4-10H2,1-3H3;1H/t17-;14-;12-;/m000./s1. The number of ether oxygens (including phenoxy) is 2. The average Bonchev–Trinajstić information content (AvgIpc) is 4.12. The largest absolute Gasteiger partial charge is 0.444 e. The summed E-state index contributed by atoms with van der Waals surface area (Å²) in [6.07, 6.45) is 16.8. The smallest absolute Gasteiger partial charge is 0.410 e. The van der Waals surface area contributed by atoms with Crippen molar-refractivity contribution in [1.29, 1.82) is 0 Å². The molecule has 3 saturated heterocycles. The summed E-state index contributed by atoms with van der Waals surface area (Å²) in [5.41, 5.74) is 2.23. The van der Waals surface area contributed by atoms with Gasteiger partial charge in [-0.3, -0.25) is 9.59 Å². The van der Waals surface area contributed by atoms with Gasteiger partial charge in [0.15, 0.2) is 0 Å². The number of nitrogens with zero attached hydrogens (tertiary/aromatic N) is 4. The van der Waals surface area contributed by atoms with E-state index >= 15 is 0 Å². The number of hydrogen-bond acceptors (Lipinski definition) is 8. The summed E-state index contributed by atoms with van der Waals surface area (Å²) < 4.78 is 10.9. The molecule has 0 bridgehead atoms. The highest BCUT2D eigenvalue weighted by molar-refractivity contribution is 6.32. The van der Waals surface area contributed by atoms with Gasteiger partial charge in [0.05, 0.1) is 6.04 Å². The third-order valence-corrected chi connectivity index (χ3v) is 15.0. The molecule has 3 aliphatic carbocycles. The Kier molecular flexibility index (Phi) is 20.6. The van der Waals surface area contributed by atoms with Crippen LogP contribution in [0.5, 0.6) is 0 Å². The van der Waals surface area contributed by atoms with Crippen LogP contribution in [0.25, 0.3) is 0 Å². The van der Waals surface area contributed by atoms with E-state index in [2.05, 4.69) is 15.5 Å². The zero-order valence-electron chi connectivity index (χ0n) is 42.2. The second-order valence-corrected chi connectivity index (χ2v) is 22.5. The highest BCUT2D eigenvalue weighted by Gasteiger charge is 2.40. The summed E-state index contributed by atoms with van der Waals surface area (Å²) in [6.45, 7) is 19.9. The lowest BCUT2D eigenvalue weighted by molar-refractivity contribution is 0.0263. The SMILES string of the molecule is CC(C)(C)OC(=O)N1CC[C@H](NC2CCCC2)C1.Cc1c(Cl)cccc1C(=O)N(C1CCCC1)[C@H]1CCN(C(=O)OC(C)(C)C)C1.Cc1c(Cl)cccc1C(=O)N(C1CCCC1)[C@H]1CCNC1.Cl. The Labute approximate surface area is 423 Å². The number of nitrogens with one attached hydrogen (secondary N) is 2. The van der Waals surface area contributed by atoms with Gasteiger partial charge in [-0.15, -0.1) is 12.4 Å². The van der Waals surface area contributed by atoms with Crippen LogP contribution in [-0.2, 0) is 9.47 Å². The Balaban J connectivity index is 0.000000194. The predicted octanol–water partition coefficient (Wildman–Crippen LogP) is 11.4. The summed E-state index contributed by atoms with van der Waals surface area (Å²) in [7, 11) is 0. The number of rotatable bonds is 8. The Morgan fingerprint density at radius 3 is 1.49 bits per heavy atom. The molecular weight excluding hydrogens is 923 g/mol. The summed E-state index contributed by atoms with van der Waals surface area (Å²) >= 11 is 12.5. The number of likely N-dealkylation sites (tertiary alicyclic amines) is 2. The van der Waals surface area contributed by atoms with Gasteiger partial charge < -0.3 is 39.7 Å². The first-order valence-corrected chi connectivity index (χ1v) is 26.1. The van der Waals surface area contributed by atoms with Crippen molar-refractivity contribution in [2.75, 3.05) is 39.3 Å². The van der Waals surface area contributed by atoms with Crippen LogP contribution in [0, 0.1) is 13.8 Å². The van der Waals surface area contributed by atoms with E-state index < -0.39 is 11.2 Å². The van der Waals surface area contributed by atoms with Gasteiger partial charge in [0, 0.05) is 84.1 Å². The average molecular weight is 1000 g/mol. The monoisotopic (exact) mass is 1000 g/mol. The topological polar surface area (TPSA) is 124 Å². The predicted molar refractivity (Wildman–Crippen MR) is 276 cm³/mol. The van der Waals surface area contributed by atoms with Gasteiger partial charge in [-0.05, 0) is 155 Å². The number of amides is 4. The lowest BCUT2D eigenvalue weighted by atomic mass is 10.0. The Morgan fingerprint density at radius 1 is 0.588 bits per heavy atom. The minimum absolute atomic E-state index is 0. The first-order valence-electron chi connectivity index (χ1n) is 25.4. The first-order chi connectivity index (χ1) is 31.8. The quantitative estimate of drug-likeness (QED) is 0.268. The molecule has 3 atom stereocenters. The van der Waals surface area contributed by atoms with Gasteiger partial charge in [0.25, 0.3) is 11.8 Å². The minimum atomic E-state index is -0.520. The van der Waals surface area contributed by atoms with E-state index in [1.807, 2.05) is 102 Å². The molecule has 6 fully saturated rings. The summed E-state index contributed by atoms with van der Waals surface area (Å²) in [5.74, 6) is 0.193. The van der Waals surface area contributed by atoms with Crippen molar-refractivity contribution in [3.8, 4) is 0 Å². The van der Waals surface area contributed by atoms with Gasteiger partial charge in [-0.25, -0.2) is 9.59 Å². The van der Waals surface area contributed by atoms with Gasteiger partial charge in [0.1, 0.15) is 11.2 Å². The Hall–Kier alpha value is -3.29. The molecule has 2 aromatic rings. The molecule has 2 N–H and O–H groups in total. The van der Waals surface area contributed by atoms with E-state index in [4.69, 9.17) is 32.7 Å². The maximum atomic E-state index is 13.5. The second kappa shape index (κ2) is 25.2. The minimum Gasteiger partial charge on any atom is -0.444 e. The molecule has 6 aliphatic rings. The van der Waals surface area contributed by atoms with E-state index in [9.17, 15) is 19.2 Å². The maximum Gasteiger partial charge on any atom is 0.410 e. The molecule has 2 aromatic carbocycles. The van der Waals surface area contributed by atoms with E-state index in [0.29, 0.717) is 52.9 Å². The molecule has 68 heavy (non-hydrogen) atoms. The zero-order chi connectivity index (χ0) is 48.5. The third kappa shape index (κ3) is 15.4. The Morgan fingerprint density at radius 2 is 1.03 bits per heavy atom. The molecule has 3 heterocycles. The van der Waals surface area contributed by atoms with Crippen molar-refractivity contribution < 1.29 is 28.7 Å². The van der Waals surface area contributed by atoms with Crippen molar-refractivity contribution in [3.63, 3.8) is 0 Å². The van der Waals surface area contributed by atoms with Gasteiger partial charge in [-0.2, -0.15) is 0 Å². The normalized spacial score (nSPS) is 22.2. The van der Waals surface area contributed by atoms with Crippen molar-refractivity contribution in [1.82, 2.24) is 30.2 Å². The van der Waals surface area contributed by atoms with E-state index in [-0.39, 0.29) is 48.5 Å². The molecule has 3 aliphatic heterocycles. The molecule has 0 aromatic heterocycles. The van der Waals surface area contributed by atoms with Crippen LogP contribution in [-0.4, -0.2) is 130 Å². The summed E-state index contributed by atoms with van der Waals surface area (Å²) in [6, 6.07) is 13.3. The number of benzene rings is 2. The molecule has 0 radical (unpaired) electrons. The molecule has 15 heteroatoms. The number of carbonyl (C=O) groups excluding carboxylic acids is 4. The number of hydrogen-bond donors (Lipinski definition) is 2. The van der Waals surface area contributed by atoms with Crippen LogP contribution in [0.1, 0.15) is 170 Å². The molecule has 0 spiro atoms. The van der Waals surface area contributed by atoms with Crippen LogP contribution in [0.15, 0.2) is 36.4 Å². The number of halogens is 3. The van der Waals surface area contributed by atoms with Gasteiger partial charge in [-0.1, -0.05) is 73.9 Å². The molecular formula is C53H81Cl3N6O6. The third-order valence-electron chi connectivity index (χ3n) is 14.2. The van der Waals surface area contributed by atoms with Crippen LogP contribution in [0.4, 0.5) is 9.59 Å². The second-order valence-electron chi connectivity index (χ2n) is 21.7. The van der Waals surface area contributed by atoms with Crippen LogP contribution in [0.3, 0.4) is 0 Å². The van der Waals surface area contributed by atoms with E-state index in [0.717, 1.165) is 101 Å². The fourth-order valence-electron chi connectivity index (χ4n) is 10.7. The zero-order valence-corrected chi connectivity index (χ0v) is 44.5. The van der Waals surface area contributed by atoms with Crippen LogP contribution in [0.2, 0.25) is 10.0 Å². The highest BCUT2D eigenvalue weighted by atomic mass is 35.5. The molecule has 12 nitrogen and oxygen atoms in total. The van der Waals surface area contributed by atoms with Gasteiger partial charge in [0.2, 0.25) is 0 Å². The van der Waals surface area contributed by atoms with E-state index in [1.54, 1.807) is 4.90 Å². The first kappa shape index (κ1) is 55.6. The highest BCUT2D eigenvalue weighted by Crippen LogP contribution is 2.33. The summed E-state index contributed by atoms with van der Waals surface area (Å²) in [4.78, 5) is 58.8. The van der Waals surface area contributed by atoms with Crippen molar-refractivity contribution in [2.24, 2.45) is 0 Å². The van der Waals surface area contributed by atoms with Crippen molar-refractivity contribution >= 4 is 59.6 Å². The van der Waals surface area contributed by atoms with Crippen molar-refractivity contribution in [2.45, 2.75) is 199 Å². The molecule has 380 valence electrons. The number of carbonyl (C=O) groups is 4. The van der Waals surface area contributed by atoms with Crippen LogP contribution < -0.4 is 10.6 Å². The fourth-order valence-corrected chi connectivity index (χ4v) is 11.1. The molecule has 8 rings (SSSR count).